The van der Waals surface area contributed by atoms with Crippen molar-refractivity contribution < 1.29 is 0 Å². The van der Waals surface area contributed by atoms with Crippen LogP contribution in [-0.2, 0) is 0 Å². The number of nitrogens with one attached hydrogen (secondary N) is 2. The summed E-state index contributed by atoms with van der Waals surface area (Å²) in [5.74, 6) is 0.807. The molecule has 2 unspecified atom stereocenters. The molecule has 2 aromatic rings. The summed E-state index contributed by atoms with van der Waals surface area (Å²) in [6, 6.07) is 14.0. The Morgan fingerprint density at radius 1 is 1.20 bits per heavy atom. The van der Waals surface area contributed by atoms with Crippen LogP contribution in [0.1, 0.15) is 30.0 Å². The second-order valence-electron chi connectivity index (χ2n) is 6.05. The molecular weight excluding hydrogens is 244 g/mol. The molecule has 2 heteroatoms. The van der Waals surface area contributed by atoms with E-state index in [0.29, 0.717) is 6.04 Å². The smallest absolute Gasteiger partial charge is 0.0320 e. The lowest BCUT2D eigenvalue weighted by atomic mass is 9.92. The van der Waals surface area contributed by atoms with Crippen LogP contribution >= 0.6 is 0 Å². The summed E-state index contributed by atoms with van der Waals surface area (Å²) >= 11 is 0. The third kappa shape index (κ3) is 2.87. The van der Waals surface area contributed by atoms with E-state index in [2.05, 4.69) is 61.0 Å². The Labute approximate surface area is 121 Å². The van der Waals surface area contributed by atoms with Crippen molar-refractivity contribution in [1.82, 2.24) is 10.6 Å². The number of fused-ring (bicyclic) bond motifs is 1. The van der Waals surface area contributed by atoms with E-state index in [1.54, 1.807) is 0 Å². The van der Waals surface area contributed by atoms with E-state index >= 15 is 0 Å². The fraction of sp³-hybridized carbons (Fsp3) is 0.444. The number of aryl methyl sites for hydroxylation is 1. The van der Waals surface area contributed by atoms with Crippen molar-refractivity contribution in [2.45, 2.75) is 25.8 Å². The first kappa shape index (κ1) is 13.6. The predicted molar refractivity (Wildman–Crippen MR) is 86.1 cm³/mol. The Kier molecular flexibility index (Phi) is 4.04. The second-order valence-corrected chi connectivity index (χ2v) is 6.05. The minimum Gasteiger partial charge on any atom is -0.316 e. The quantitative estimate of drug-likeness (QED) is 0.888. The van der Waals surface area contributed by atoms with Gasteiger partial charge >= 0.3 is 0 Å². The van der Waals surface area contributed by atoms with Crippen molar-refractivity contribution in [2.75, 3.05) is 20.1 Å². The van der Waals surface area contributed by atoms with E-state index in [-0.39, 0.29) is 0 Å². The van der Waals surface area contributed by atoms with Gasteiger partial charge in [0, 0.05) is 6.04 Å². The normalized spacial score (nSPS) is 20.4. The van der Waals surface area contributed by atoms with Crippen LogP contribution in [0.25, 0.3) is 10.8 Å². The molecule has 2 nitrogen and oxygen atoms in total. The number of hydrogen-bond donors (Lipinski definition) is 2. The molecule has 2 N–H and O–H groups in total. The maximum Gasteiger partial charge on any atom is 0.0320 e. The molecule has 0 aliphatic carbocycles. The van der Waals surface area contributed by atoms with E-state index in [1.807, 2.05) is 0 Å². The summed E-state index contributed by atoms with van der Waals surface area (Å²) in [5, 5.41) is 9.64. The third-order valence-corrected chi connectivity index (χ3v) is 4.50. The summed E-state index contributed by atoms with van der Waals surface area (Å²) < 4.78 is 0. The molecule has 1 heterocycles. The predicted octanol–water partition coefficient (Wildman–Crippen LogP) is 3.41. The number of hydrogen-bond acceptors (Lipinski definition) is 2. The minimum absolute atomic E-state index is 0.464. The van der Waals surface area contributed by atoms with Gasteiger partial charge in [0.1, 0.15) is 0 Å². The van der Waals surface area contributed by atoms with Crippen molar-refractivity contribution in [2.24, 2.45) is 5.92 Å². The lowest BCUT2D eigenvalue weighted by Gasteiger charge is -2.20. The van der Waals surface area contributed by atoms with Gasteiger partial charge in [0.25, 0.3) is 0 Å². The van der Waals surface area contributed by atoms with Gasteiger partial charge < -0.3 is 10.6 Å². The van der Waals surface area contributed by atoms with Gasteiger partial charge in [-0.1, -0.05) is 35.9 Å². The van der Waals surface area contributed by atoms with Crippen LogP contribution in [0.3, 0.4) is 0 Å². The Hall–Kier alpha value is -1.38. The van der Waals surface area contributed by atoms with Gasteiger partial charge in [0.2, 0.25) is 0 Å². The molecule has 3 rings (SSSR count). The number of benzene rings is 2. The average molecular weight is 268 g/mol. The second kappa shape index (κ2) is 5.94. The van der Waals surface area contributed by atoms with Gasteiger partial charge in [0.05, 0.1) is 0 Å². The molecule has 2 atom stereocenters. The van der Waals surface area contributed by atoms with Crippen LogP contribution < -0.4 is 10.6 Å². The van der Waals surface area contributed by atoms with Crippen molar-refractivity contribution in [3.8, 4) is 0 Å². The fourth-order valence-corrected chi connectivity index (χ4v) is 3.27. The topological polar surface area (TPSA) is 24.1 Å². The first-order chi connectivity index (χ1) is 9.76. The molecule has 1 aliphatic heterocycles. The molecule has 20 heavy (non-hydrogen) atoms. The lowest BCUT2D eigenvalue weighted by Crippen LogP contribution is -2.21. The molecule has 1 fully saturated rings. The molecule has 0 radical (unpaired) electrons. The Bertz CT molecular complexity index is 585. The van der Waals surface area contributed by atoms with Crippen LogP contribution in [0.15, 0.2) is 36.4 Å². The van der Waals surface area contributed by atoms with Gasteiger partial charge in [-0.15, -0.1) is 0 Å². The highest BCUT2D eigenvalue weighted by atomic mass is 14.9. The maximum atomic E-state index is 3.49. The van der Waals surface area contributed by atoms with Crippen molar-refractivity contribution in [1.29, 1.82) is 0 Å². The van der Waals surface area contributed by atoms with Crippen LogP contribution in [0.4, 0.5) is 0 Å². The minimum atomic E-state index is 0.464. The zero-order valence-electron chi connectivity index (χ0n) is 12.4. The first-order valence-electron chi connectivity index (χ1n) is 7.64. The van der Waals surface area contributed by atoms with E-state index < -0.39 is 0 Å². The van der Waals surface area contributed by atoms with Gasteiger partial charge in [-0.3, -0.25) is 0 Å². The van der Waals surface area contributed by atoms with Crippen molar-refractivity contribution in [3.05, 3.63) is 47.5 Å². The summed E-state index contributed by atoms with van der Waals surface area (Å²) in [4.78, 5) is 0. The van der Waals surface area contributed by atoms with Crippen molar-refractivity contribution in [3.63, 3.8) is 0 Å². The molecule has 1 aliphatic rings. The monoisotopic (exact) mass is 268 g/mol. The molecular formula is C18H24N2. The zero-order chi connectivity index (χ0) is 13.9. The highest BCUT2D eigenvalue weighted by Crippen LogP contribution is 2.27. The van der Waals surface area contributed by atoms with E-state index in [9.17, 15) is 0 Å². The molecule has 0 bridgehead atoms. The van der Waals surface area contributed by atoms with Crippen LogP contribution in [0, 0.1) is 12.8 Å². The molecule has 0 saturated carbocycles. The number of rotatable bonds is 4. The van der Waals surface area contributed by atoms with Crippen molar-refractivity contribution >= 4 is 10.8 Å². The SMILES string of the molecule is CNC(CC1CCNC1)c1ccc2cc(C)ccc2c1. The van der Waals surface area contributed by atoms with Gasteiger partial charge in [-0.25, -0.2) is 0 Å². The highest BCUT2D eigenvalue weighted by molar-refractivity contribution is 5.83. The molecule has 0 spiro atoms. The standard InChI is InChI=1S/C18H24N2/c1-13-3-4-16-11-17(6-5-15(16)9-13)18(19-2)10-14-7-8-20-12-14/h3-6,9,11,14,18-20H,7-8,10,12H2,1-2H3. The lowest BCUT2D eigenvalue weighted by molar-refractivity contribution is 0.430. The van der Waals surface area contributed by atoms with E-state index in [0.717, 1.165) is 5.92 Å². The molecule has 0 amide bonds. The van der Waals surface area contributed by atoms with E-state index in [4.69, 9.17) is 0 Å². The summed E-state index contributed by atoms with van der Waals surface area (Å²) in [7, 11) is 2.08. The Balaban J connectivity index is 1.85. The first-order valence-corrected chi connectivity index (χ1v) is 7.64. The Morgan fingerprint density at radius 3 is 2.75 bits per heavy atom. The third-order valence-electron chi connectivity index (χ3n) is 4.50. The van der Waals surface area contributed by atoms with Crippen LogP contribution in [-0.4, -0.2) is 20.1 Å². The van der Waals surface area contributed by atoms with Gasteiger partial charge in [-0.2, -0.15) is 0 Å². The highest BCUT2D eigenvalue weighted by Gasteiger charge is 2.20. The molecule has 106 valence electrons. The molecule has 1 saturated heterocycles. The van der Waals surface area contributed by atoms with Gasteiger partial charge in [0.15, 0.2) is 0 Å². The summed E-state index contributed by atoms with van der Waals surface area (Å²) in [6.45, 7) is 4.50. The Morgan fingerprint density at radius 2 is 2.00 bits per heavy atom. The molecule has 0 aromatic heterocycles. The van der Waals surface area contributed by atoms with Crippen LogP contribution in [0.2, 0.25) is 0 Å². The van der Waals surface area contributed by atoms with Crippen LogP contribution in [0.5, 0.6) is 0 Å². The zero-order valence-corrected chi connectivity index (χ0v) is 12.4. The van der Waals surface area contributed by atoms with E-state index in [1.165, 1.54) is 47.8 Å². The summed E-state index contributed by atoms with van der Waals surface area (Å²) in [5.41, 5.74) is 2.74. The fourth-order valence-electron chi connectivity index (χ4n) is 3.27. The molecule has 2 aromatic carbocycles. The summed E-state index contributed by atoms with van der Waals surface area (Å²) in [6.07, 6.45) is 2.53. The largest absolute Gasteiger partial charge is 0.316 e. The average Bonchev–Trinajstić information content (AvgIpc) is 2.97. The van der Waals surface area contributed by atoms with Gasteiger partial charge in [-0.05, 0) is 68.2 Å². The maximum absolute atomic E-state index is 3.49.